The second kappa shape index (κ2) is 7.71. The highest BCUT2D eigenvalue weighted by Crippen LogP contribution is 2.35. The van der Waals surface area contributed by atoms with Crippen molar-refractivity contribution in [1.82, 2.24) is 15.0 Å². The predicted molar refractivity (Wildman–Crippen MR) is 100 cm³/mol. The summed E-state index contributed by atoms with van der Waals surface area (Å²) in [6.45, 7) is -0.178. The molecule has 1 atom stereocenters. The number of benzene rings is 2. The smallest absolute Gasteiger partial charge is 0.249 e. The van der Waals surface area contributed by atoms with Crippen LogP contribution in [-0.4, -0.2) is 27.2 Å². The van der Waals surface area contributed by atoms with Gasteiger partial charge in [0.25, 0.3) is 0 Å². The van der Waals surface area contributed by atoms with Crippen LogP contribution >= 0.6 is 11.8 Å². The van der Waals surface area contributed by atoms with Gasteiger partial charge < -0.3 is 9.42 Å². The predicted octanol–water partition coefficient (Wildman–Crippen LogP) is 4.60. The van der Waals surface area contributed by atoms with Gasteiger partial charge in [-0.2, -0.15) is 4.98 Å². The van der Waals surface area contributed by atoms with Crippen molar-refractivity contribution in [3.63, 3.8) is 0 Å². The summed E-state index contributed by atoms with van der Waals surface area (Å²) < 4.78 is 33.4. The summed E-state index contributed by atoms with van der Waals surface area (Å²) >= 11 is 1.63. The van der Waals surface area contributed by atoms with Gasteiger partial charge in [0.15, 0.2) is 0 Å². The van der Waals surface area contributed by atoms with E-state index in [1.54, 1.807) is 11.8 Å². The number of aromatic nitrogens is 2. The zero-order valence-electron chi connectivity index (χ0n) is 15.1. The van der Waals surface area contributed by atoms with Gasteiger partial charge in [0.05, 0.1) is 6.54 Å². The van der Waals surface area contributed by atoms with Gasteiger partial charge in [0.2, 0.25) is 17.6 Å². The summed E-state index contributed by atoms with van der Waals surface area (Å²) in [5, 5.41) is 4.01. The van der Waals surface area contributed by atoms with Gasteiger partial charge in [-0.15, -0.1) is 11.8 Å². The molecule has 5 nitrogen and oxygen atoms in total. The molecule has 144 valence electrons. The molecule has 1 unspecified atom stereocenters. The highest BCUT2D eigenvalue weighted by atomic mass is 32.2. The molecule has 2 heterocycles. The van der Waals surface area contributed by atoms with Crippen LogP contribution in [0.1, 0.15) is 30.3 Å². The molecule has 0 radical (unpaired) electrons. The fourth-order valence-corrected chi connectivity index (χ4v) is 3.68. The molecule has 1 fully saturated rings. The van der Waals surface area contributed by atoms with Crippen LogP contribution in [0.15, 0.2) is 51.9 Å². The molecule has 1 saturated heterocycles. The van der Waals surface area contributed by atoms with Crippen LogP contribution in [-0.2, 0) is 11.3 Å². The Morgan fingerprint density at radius 2 is 1.89 bits per heavy atom. The minimum Gasteiger partial charge on any atom is -0.337 e. The average molecular weight is 401 g/mol. The maximum absolute atomic E-state index is 14.0. The maximum Gasteiger partial charge on any atom is 0.249 e. The Bertz CT molecular complexity index is 987. The summed E-state index contributed by atoms with van der Waals surface area (Å²) in [4.78, 5) is 19.3. The van der Waals surface area contributed by atoms with Crippen LogP contribution < -0.4 is 0 Å². The Morgan fingerprint density at radius 1 is 1.18 bits per heavy atom. The third kappa shape index (κ3) is 3.52. The van der Waals surface area contributed by atoms with E-state index in [-0.39, 0.29) is 30.3 Å². The second-order valence-corrected chi connectivity index (χ2v) is 7.34. The van der Waals surface area contributed by atoms with Gasteiger partial charge in [-0.1, -0.05) is 11.2 Å². The first-order valence-electron chi connectivity index (χ1n) is 8.77. The fraction of sp³-hybridized carbons (Fsp3) is 0.250. The van der Waals surface area contributed by atoms with E-state index >= 15 is 0 Å². The van der Waals surface area contributed by atoms with Crippen LogP contribution in [0.25, 0.3) is 11.4 Å². The van der Waals surface area contributed by atoms with Crippen molar-refractivity contribution in [3.05, 3.63) is 65.6 Å². The SMILES string of the molecule is CSc1ccc(-c2noc(C3CCC(=O)N3Cc3c(F)cccc3F)n2)cc1. The van der Waals surface area contributed by atoms with Crippen LogP contribution in [0.4, 0.5) is 8.78 Å². The molecule has 2 aromatic carbocycles. The Balaban J connectivity index is 1.59. The summed E-state index contributed by atoms with van der Waals surface area (Å²) in [5.74, 6) is -0.876. The molecule has 28 heavy (non-hydrogen) atoms. The van der Waals surface area contributed by atoms with Gasteiger partial charge in [-0.25, -0.2) is 8.78 Å². The molecule has 8 heteroatoms. The standard InChI is InChI=1S/C20H17F2N3O2S/c1-28-13-7-5-12(6-8-13)19-23-20(27-24-19)17-9-10-18(26)25(17)11-14-15(21)3-2-4-16(14)22/h2-8,17H,9-11H2,1H3. The minimum absolute atomic E-state index is 0.143. The summed E-state index contributed by atoms with van der Waals surface area (Å²) in [6, 6.07) is 10.9. The normalized spacial score (nSPS) is 16.8. The van der Waals surface area contributed by atoms with E-state index in [9.17, 15) is 13.6 Å². The van der Waals surface area contributed by atoms with Gasteiger partial charge in [0, 0.05) is 22.4 Å². The molecule has 1 amide bonds. The maximum atomic E-state index is 14.0. The van der Waals surface area contributed by atoms with Crippen molar-refractivity contribution in [2.24, 2.45) is 0 Å². The zero-order chi connectivity index (χ0) is 19.7. The second-order valence-electron chi connectivity index (χ2n) is 6.46. The van der Waals surface area contributed by atoms with Crippen LogP contribution in [0, 0.1) is 11.6 Å². The number of rotatable bonds is 5. The number of hydrogen-bond acceptors (Lipinski definition) is 5. The number of halogens is 2. The van der Waals surface area contributed by atoms with E-state index in [0.29, 0.717) is 12.2 Å². The molecular formula is C20H17F2N3O2S. The Labute approximate surface area is 164 Å². The number of amides is 1. The molecule has 1 aliphatic heterocycles. The lowest BCUT2D eigenvalue weighted by Crippen LogP contribution is -2.28. The first-order chi connectivity index (χ1) is 13.6. The molecule has 0 spiro atoms. The van der Waals surface area contributed by atoms with Gasteiger partial charge >= 0.3 is 0 Å². The van der Waals surface area contributed by atoms with Crippen LogP contribution in [0.3, 0.4) is 0 Å². The van der Waals surface area contributed by atoms with Gasteiger partial charge in [-0.3, -0.25) is 4.79 Å². The molecule has 1 aliphatic rings. The van der Waals surface area contributed by atoms with Gasteiger partial charge in [0.1, 0.15) is 17.7 Å². The highest BCUT2D eigenvalue weighted by Gasteiger charge is 2.36. The summed E-state index contributed by atoms with van der Waals surface area (Å²) in [6.07, 6.45) is 2.72. The quantitative estimate of drug-likeness (QED) is 0.585. The number of nitrogens with zero attached hydrogens (tertiary/aromatic N) is 3. The molecule has 4 rings (SSSR count). The van der Waals surface area contributed by atoms with Crippen molar-refractivity contribution in [1.29, 1.82) is 0 Å². The average Bonchev–Trinajstić information content (AvgIpc) is 3.32. The number of likely N-dealkylation sites (tertiary alicyclic amines) is 1. The molecule has 0 bridgehead atoms. The zero-order valence-corrected chi connectivity index (χ0v) is 15.9. The van der Waals surface area contributed by atoms with Crippen molar-refractivity contribution >= 4 is 17.7 Å². The Morgan fingerprint density at radius 3 is 2.57 bits per heavy atom. The lowest BCUT2D eigenvalue weighted by molar-refractivity contribution is -0.130. The van der Waals surface area contributed by atoms with Crippen molar-refractivity contribution in [2.75, 3.05) is 6.26 Å². The monoisotopic (exact) mass is 401 g/mol. The highest BCUT2D eigenvalue weighted by molar-refractivity contribution is 7.98. The summed E-state index contributed by atoms with van der Waals surface area (Å²) in [7, 11) is 0. The molecule has 0 aliphatic carbocycles. The molecule has 0 saturated carbocycles. The van der Waals surface area contributed by atoms with Crippen LogP contribution in [0.2, 0.25) is 0 Å². The third-order valence-electron chi connectivity index (χ3n) is 4.79. The van der Waals surface area contributed by atoms with Crippen molar-refractivity contribution in [3.8, 4) is 11.4 Å². The minimum atomic E-state index is -0.682. The van der Waals surface area contributed by atoms with E-state index in [1.165, 1.54) is 23.1 Å². The number of hydrogen-bond donors (Lipinski definition) is 0. The summed E-state index contributed by atoms with van der Waals surface area (Å²) in [5.41, 5.74) is 0.652. The van der Waals surface area contributed by atoms with Crippen molar-refractivity contribution in [2.45, 2.75) is 30.3 Å². The first-order valence-corrected chi connectivity index (χ1v) is 9.99. The topological polar surface area (TPSA) is 59.2 Å². The van der Waals surface area contributed by atoms with E-state index in [2.05, 4.69) is 10.1 Å². The van der Waals surface area contributed by atoms with E-state index in [1.807, 2.05) is 30.5 Å². The van der Waals surface area contributed by atoms with Crippen LogP contribution in [0.5, 0.6) is 0 Å². The number of thioether (sulfide) groups is 1. The lowest BCUT2D eigenvalue weighted by atomic mass is 10.1. The largest absolute Gasteiger partial charge is 0.337 e. The molecule has 0 N–H and O–H groups in total. The van der Waals surface area contributed by atoms with E-state index < -0.39 is 17.7 Å². The Kier molecular flexibility index (Phi) is 5.13. The molecule has 1 aromatic heterocycles. The third-order valence-corrected chi connectivity index (χ3v) is 5.54. The number of carbonyl (C=O) groups excluding carboxylic acids is 1. The van der Waals surface area contributed by atoms with Gasteiger partial charge in [-0.05, 0) is 49.1 Å². The number of carbonyl (C=O) groups is 1. The molecule has 3 aromatic rings. The lowest BCUT2D eigenvalue weighted by Gasteiger charge is -2.22. The Hall–Kier alpha value is -2.74. The molecular weight excluding hydrogens is 384 g/mol. The van der Waals surface area contributed by atoms with E-state index in [4.69, 9.17) is 4.52 Å². The first kappa shape index (κ1) is 18.6. The van der Waals surface area contributed by atoms with Crippen molar-refractivity contribution < 1.29 is 18.1 Å². The fourth-order valence-electron chi connectivity index (χ4n) is 3.27. The van der Waals surface area contributed by atoms with E-state index in [0.717, 1.165) is 10.5 Å².